The number of halogens is 7. The Hall–Kier alpha value is -2.97. The molecule has 152 valence electrons. The zero-order valence-electron chi connectivity index (χ0n) is 14.7. The van der Waals surface area contributed by atoms with Gasteiger partial charge in [-0.3, -0.25) is 9.78 Å². The van der Waals surface area contributed by atoms with Gasteiger partial charge >= 0.3 is 18.0 Å². The summed E-state index contributed by atoms with van der Waals surface area (Å²) < 4.78 is 96.0. The van der Waals surface area contributed by atoms with Gasteiger partial charge in [0.2, 0.25) is 0 Å². The summed E-state index contributed by atoms with van der Waals surface area (Å²) in [5.41, 5.74) is -3.45. The molecule has 3 aromatic rings. The van der Waals surface area contributed by atoms with Crippen LogP contribution in [0.1, 0.15) is 27.2 Å². The van der Waals surface area contributed by atoms with E-state index in [9.17, 15) is 35.5 Å². The SMILES string of the molecule is Cc1nc2ccccc2c(C(F)(F)C(F)(F)C(F)(F)F)c1C(=O)c1ccccc1. The van der Waals surface area contributed by atoms with Gasteiger partial charge in [-0.1, -0.05) is 48.5 Å². The predicted octanol–water partition coefficient (Wildman–Crippen LogP) is 6.06. The van der Waals surface area contributed by atoms with E-state index in [1.165, 1.54) is 48.5 Å². The first kappa shape index (κ1) is 20.8. The number of rotatable bonds is 4. The maximum absolute atomic E-state index is 14.8. The Balaban J connectivity index is 2.42. The minimum absolute atomic E-state index is 0.153. The fourth-order valence-electron chi connectivity index (χ4n) is 3.01. The van der Waals surface area contributed by atoms with Crippen molar-refractivity contribution >= 4 is 16.7 Å². The van der Waals surface area contributed by atoms with Gasteiger partial charge < -0.3 is 0 Å². The van der Waals surface area contributed by atoms with Gasteiger partial charge in [0.15, 0.2) is 5.78 Å². The molecule has 0 amide bonds. The van der Waals surface area contributed by atoms with E-state index in [-0.39, 0.29) is 16.8 Å². The molecule has 0 N–H and O–H groups in total. The molecule has 1 aromatic heterocycles. The molecule has 9 heteroatoms. The molecule has 0 fully saturated rings. The molecule has 0 atom stereocenters. The van der Waals surface area contributed by atoms with E-state index in [0.29, 0.717) is 0 Å². The van der Waals surface area contributed by atoms with Crippen molar-refractivity contribution in [3.8, 4) is 0 Å². The zero-order valence-corrected chi connectivity index (χ0v) is 14.7. The summed E-state index contributed by atoms with van der Waals surface area (Å²) in [6.07, 6.45) is -6.54. The van der Waals surface area contributed by atoms with Gasteiger partial charge in [0.25, 0.3) is 0 Å². The fourth-order valence-corrected chi connectivity index (χ4v) is 3.01. The summed E-state index contributed by atoms with van der Waals surface area (Å²) in [5, 5.41) is -0.661. The third kappa shape index (κ3) is 3.24. The van der Waals surface area contributed by atoms with Crippen LogP contribution in [0.3, 0.4) is 0 Å². The van der Waals surface area contributed by atoms with Crippen LogP contribution >= 0.6 is 0 Å². The number of hydrogen-bond donors (Lipinski definition) is 0. The van der Waals surface area contributed by atoms with Gasteiger partial charge in [-0.2, -0.15) is 30.7 Å². The Bertz CT molecular complexity index is 1080. The van der Waals surface area contributed by atoms with Crippen LogP contribution in [0.5, 0.6) is 0 Å². The number of ketones is 1. The summed E-state index contributed by atoms with van der Waals surface area (Å²) in [5.74, 6) is -13.3. The van der Waals surface area contributed by atoms with Crippen molar-refractivity contribution in [2.45, 2.75) is 24.9 Å². The van der Waals surface area contributed by atoms with Gasteiger partial charge in [0.1, 0.15) is 0 Å². The van der Waals surface area contributed by atoms with Gasteiger partial charge in [0.05, 0.1) is 11.1 Å². The van der Waals surface area contributed by atoms with E-state index >= 15 is 0 Å². The Morgan fingerprint density at radius 1 is 0.828 bits per heavy atom. The lowest BCUT2D eigenvalue weighted by Crippen LogP contribution is -2.50. The Kier molecular flexibility index (Phi) is 4.88. The number of alkyl halides is 7. The van der Waals surface area contributed by atoms with Gasteiger partial charge in [-0.05, 0) is 13.0 Å². The van der Waals surface area contributed by atoms with Crippen LogP contribution in [0.15, 0.2) is 54.6 Å². The van der Waals surface area contributed by atoms with Crippen molar-refractivity contribution in [2.24, 2.45) is 0 Å². The Labute approximate surface area is 160 Å². The van der Waals surface area contributed by atoms with Crippen molar-refractivity contribution in [2.75, 3.05) is 0 Å². The van der Waals surface area contributed by atoms with Crippen LogP contribution in [-0.2, 0) is 5.92 Å². The van der Waals surface area contributed by atoms with Crippen LogP contribution in [-0.4, -0.2) is 22.9 Å². The van der Waals surface area contributed by atoms with Crippen molar-refractivity contribution in [1.29, 1.82) is 0 Å². The summed E-state index contributed by atoms with van der Waals surface area (Å²) in [4.78, 5) is 16.8. The summed E-state index contributed by atoms with van der Waals surface area (Å²) in [6.45, 7) is 1.11. The molecule has 0 radical (unpaired) electrons. The minimum Gasteiger partial charge on any atom is -0.289 e. The number of hydrogen-bond acceptors (Lipinski definition) is 2. The molecule has 0 saturated carbocycles. The topological polar surface area (TPSA) is 30.0 Å². The van der Waals surface area contributed by atoms with Crippen LogP contribution in [0.25, 0.3) is 10.9 Å². The summed E-state index contributed by atoms with van der Waals surface area (Å²) in [6, 6.07) is 11.5. The van der Waals surface area contributed by atoms with E-state index in [0.717, 1.165) is 13.0 Å². The second-order valence-corrected chi connectivity index (χ2v) is 6.31. The lowest BCUT2D eigenvalue weighted by Gasteiger charge is -2.30. The van der Waals surface area contributed by atoms with E-state index in [1.54, 1.807) is 0 Å². The summed E-state index contributed by atoms with van der Waals surface area (Å²) >= 11 is 0. The summed E-state index contributed by atoms with van der Waals surface area (Å²) in [7, 11) is 0. The van der Waals surface area contributed by atoms with E-state index in [2.05, 4.69) is 4.98 Å². The molecule has 0 bridgehead atoms. The lowest BCUT2D eigenvalue weighted by atomic mass is 9.88. The Morgan fingerprint density at radius 3 is 1.97 bits per heavy atom. The standard InChI is InChI=1S/C20H12F7NO/c1-11-15(17(29)12-7-3-2-4-8-12)16(13-9-5-6-10-14(13)28-11)18(21,22)19(23,24)20(25,26)27/h2-10H,1H3. The quantitative estimate of drug-likeness (QED) is 0.383. The molecule has 0 saturated heterocycles. The maximum Gasteiger partial charge on any atom is 0.460 e. The van der Waals surface area contributed by atoms with Crippen molar-refractivity contribution in [3.63, 3.8) is 0 Å². The van der Waals surface area contributed by atoms with E-state index in [1.807, 2.05) is 0 Å². The van der Waals surface area contributed by atoms with Crippen molar-refractivity contribution < 1.29 is 35.5 Å². The first-order valence-electron chi connectivity index (χ1n) is 8.21. The Morgan fingerprint density at radius 2 is 1.38 bits per heavy atom. The van der Waals surface area contributed by atoms with Gasteiger partial charge in [-0.25, -0.2) is 0 Å². The fraction of sp³-hybridized carbons (Fsp3) is 0.200. The van der Waals surface area contributed by atoms with Crippen LogP contribution in [0, 0.1) is 6.92 Å². The maximum atomic E-state index is 14.8. The van der Waals surface area contributed by atoms with Crippen LogP contribution in [0.4, 0.5) is 30.7 Å². The zero-order chi connectivity index (χ0) is 21.6. The molecule has 0 aliphatic heterocycles. The van der Waals surface area contributed by atoms with Crippen LogP contribution < -0.4 is 0 Å². The molecule has 2 aromatic carbocycles. The number of benzene rings is 2. The number of nitrogens with zero attached hydrogens (tertiary/aromatic N) is 1. The molecule has 1 heterocycles. The molecule has 0 unspecified atom stereocenters. The highest BCUT2D eigenvalue weighted by Crippen LogP contribution is 2.54. The number of fused-ring (bicyclic) bond motifs is 1. The largest absolute Gasteiger partial charge is 0.460 e. The predicted molar refractivity (Wildman–Crippen MR) is 91.3 cm³/mol. The van der Waals surface area contributed by atoms with E-state index in [4.69, 9.17) is 0 Å². The monoisotopic (exact) mass is 415 g/mol. The highest BCUT2D eigenvalue weighted by Gasteiger charge is 2.74. The first-order valence-corrected chi connectivity index (χ1v) is 8.21. The molecular formula is C20H12F7NO. The second-order valence-electron chi connectivity index (χ2n) is 6.31. The number of carbonyl (C=O) groups excluding carboxylic acids is 1. The second kappa shape index (κ2) is 6.82. The molecule has 0 aliphatic carbocycles. The minimum atomic E-state index is -6.54. The highest BCUT2D eigenvalue weighted by atomic mass is 19.4. The molecular weight excluding hydrogens is 403 g/mol. The molecule has 3 rings (SSSR count). The van der Waals surface area contributed by atoms with Gasteiger partial charge in [0, 0.05) is 22.2 Å². The van der Waals surface area contributed by atoms with Gasteiger partial charge in [-0.15, -0.1) is 0 Å². The average Bonchev–Trinajstić information content (AvgIpc) is 2.66. The highest BCUT2D eigenvalue weighted by molar-refractivity contribution is 6.12. The lowest BCUT2D eigenvalue weighted by molar-refractivity contribution is -0.359. The number of carbonyl (C=O) groups is 1. The smallest absolute Gasteiger partial charge is 0.289 e. The number of pyridine rings is 1. The van der Waals surface area contributed by atoms with Crippen LogP contribution in [0.2, 0.25) is 0 Å². The third-order valence-corrected chi connectivity index (χ3v) is 4.40. The number of aryl methyl sites for hydroxylation is 1. The number of para-hydroxylation sites is 1. The average molecular weight is 415 g/mol. The first-order chi connectivity index (χ1) is 13.4. The van der Waals surface area contributed by atoms with Crippen molar-refractivity contribution in [1.82, 2.24) is 4.98 Å². The normalized spacial score (nSPS) is 13.0. The molecule has 2 nitrogen and oxygen atoms in total. The molecule has 29 heavy (non-hydrogen) atoms. The van der Waals surface area contributed by atoms with E-state index < -0.39 is 40.3 Å². The molecule has 0 aliphatic rings. The number of aromatic nitrogens is 1. The third-order valence-electron chi connectivity index (χ3n) is 4.40. The van der Waals surface area contributed by atoms with Crippen molar-refractivity contribution in [3.05, 3.63) is 77.0 Å². The molecule has 0 spiro atoms.